The van der Waals surface area contributed by atoms with Gasteiger partial charge in [0.15, 0.2) is 5.82 Å². The molecule has 2 aromatic rings. The van der Waals surface area contributed by atoms with Crippen molar-refractivity contribution in [3.8, 4) is 11.4 Å². The van der Waals surface area contributed by atoms with E-state index in [9.17, 15) is 0 Å². The first-order chi connectivity index (χ1) is 10.0. The molecule has 0 spiro atoms. The van der Waals surface area contributed by atoms with E-state index in [-0.39, 0.29) is 0 Å². The maximum Gasteiger partial charge on any atom is 0.161 e. The maximum atomic E-state index is 6.07. The zero-order chi connectivity index (χ0) is 15.4. The standard InChI is InChI=1S/C15H16BrCl2N3/c1-3-5-12-13(16)15(19-4-2)21-14(20-12)9-6-10(17)8-11(18)7-9/h6-8H,3-5H2,1-2H3,(H,19,20,21). The van der Waals surface area contributed by atoms with Crippen molar-refractivity contribution in [2.45, 2.75) is 26.7 Å². The number of hydrogen-bond donors (Lipinski definition) is 1. The summed E-state index contributed by atoms with van der Waals surface area (Å²) in [5.74, 6) is 1.42. The lowest BCUT2D eigenvalue weighted by molar-refractivity contribution is 0.867. The summed E-state index contributed by atoms with van der Waals surface area (Å²) in [6.07, 6.45) is 1.89. The molecule has 1 heterocycles. The molecule has 3 nitrogen and oxygen atoms in total. The lowest BCUT2D eigenvalue weighted by Gasteiger charge is -2.12. The smallest absolute Gasteiger partial charge is 0.161 e. The van der Waals surface area contributed by atoms with Gasteiger partial charge in [-0.2, -0.15) is 0 Å². The quantitative estimate of drug-likeness (QED) is 0.724. The molecule has 0 aliphatic carbocycles. The molecular weight excluding hydrogens is 373 g/mol. The summed E-state index contributed by atoms with van der Waals surface area (Å²) in [7, 11) is 0. The molecule has 0 bridgehead atoms. The summed E-state index contributed by atoms with van der Waals surface area (Å²) >= 11 is 15.7. The zero-order valence-electron chi connectivity index (χ0n) is 11.9. The van der Waals surface area contributed by atoms with Crippen LogP contribution in [0.25, 0.3) is 11.4 Å². The molecule has 0 amide bonds. The monoisotopic (exact) mass is 387 g/mol. The number of aryl methyl sites for hydroxylation is 1. The second kappa shape index (κ2) is 7.43. The van der Waals surface area contributed by atoms with Gasteiger partial charge in [0.1, 0.15) is 5.82 Å². The second-order valence-electron chi connectivity index (χ2n) is 4.59. The fraction of sp³-hybridized carbons (Fsp3) is 0.333. The first-order valence-electron chi connectivity index (χ1n) is 6.81. The fourth-order valence-electron chi connectivity index (χ4n) is 1.99. The van der Waals surface area contributed by atoms with E-state index in [2.05, 4.69) is 38.1 Å². The Kier molecular flexibility index (Phi) is 5.85. The molecule has 0 fully saturated rings. The predicted molar refractivity (Wildman–Crippen MR) is 93.3 cm³/mol. The molecule has 6 heteroatoms. The number of nitrogens with zero attached hydrogens (tertiary/aromatic N) is 2. The van der Waals surface area contributed by atoms with Crippen LogP contribution in [0.4, 0.5) is 5.82 Å². The number of nitrogens with one attached hydrogen (secondary N) is 1. The minimum atomic E-state index is 0.575. The van der Waals surface area contributed by atoms with Crippen LogP contribution >= 0.6 is 39.1 Å². The Labute approximate surface area is 143 Å². The van der Waals surface area contributed by atoms with Crippen LogP contribution in [0.2, 0.25) is 10.0 Å². The van der Waals surface area contributed by atoms with E-state index < -0.39 is 0 Å². The number of hydrogen-bond acceptors (Lipinski definition) is 3. The van der Waals surface area contributed by atoms with Gasteiger partial charge in [-0.25, -0.2) is 9.97 Å². The molecule has 0 radical (unpaired) electrons. The van der Waals surface area contributed by atoms with E-state index in [4.69, 9.17) is 23.2 Å². The summed E-state index contributed by atoms with van der Waals surface area (Å²) in [5.41, 5.74) is 1.80. The number of anilines is 1. The van der Waals surface area contributed by atoms with Crippen LogP contribution < -0.4 is 5.32 Å². The third-order valence-electron chi connectivity index (χ3n) is 2.87. The summed E-state index contributed by atoms with van der Waals surface area (Å²) < 4.78 is 0.920. The summed E-state index contributed by atoms with van der Waals surface area (Å²) in [4.78, 5) is 9.21. The number of aromatic nitrogens is 2. The van der Waals surface area contributed by atoms with E-state index in [1.807, 2.05) is 19.1 Å². The molecule has 2 rings (SSSR count). The molecule has 0 unspecified atom stereocenters. The summed E-state index contributed by atoms with van der Waals surface area (Å²) in [6.45, 7) is 4.94. The highest BCUT2D eigenvalue weighted by Crippen LogP contribution is 2.30. The van der Waals surface area contributed by atoms with E-state index in [1.54, 1.807) is 6.07 Å². The molecule has 21 heavy (non-hydrogen) atoms. The van der Waals surface area contributed by atoms with Crippen LogP contribution in [0.15, 0.2) is 22.7 Å². The fourth-order valence-corrected chi connectivity index (χ4v) is 3.03. The molecule has 112 valence electrons. The summed E-state index contributed by atoms with van der Waals surface area (Å²) in [5, 5.41) is 4.40. The average molecular weight is 389 g/mol. The van der Waals surface area contributed by atoms with Crippen LogP contribution in [0.5, 0.6) is 0 Å². The van der Waals surface area contributed by atoms with E-state index in [0.717, 1.165) is 40.9 Å². The predicted octanol–water partition coefficient (Wildman–Crippen LogP) is 5.60. The van der Waals surface area contributed by atoms with Crippen molar-refractivity contribution in [2.75, 3.05) is 11.9 Å². The highest BCUT2D eigenvalue weighted by molar-refractivity contribution is 9.10. The molecule has 0 atom stereocenters. The van der Waals surface area contributed by atoms with Crippen LogP contribution in [-0.2, 0) is 6.42 Å². The van der Waals surface area contributed by atoms with Gasteiger partial charge >= 0.3 is 0 Å². The van der Waals surface area contributed by atoms with Gasteiger partial charge in [0.2, 0.25) is 0 Å². The molecule has 0 saturated heterocycles. The Bertz CT molecular complexity index is 600. The largest absolute Gasteiger partial charge is 0.369 e. The first kappa shape index (κ1) is 16.5. The molecule has 1 aromatic heterocycles. The van der Waals surface area contributed by atoms with Crippen molar-refractivity contribution < 1.29 is 0 Å². The van der Waals surface area contributed by atoms with Crippen molar-refractivity contribution in [2.24, 2.45) is 0 Å². The molecule has 0 aliphatic heterocycles. The second-order valence-corrected chi connectivity index (χ2v) is 6.26. The van der Waals surface area contributed by atoms with Crippen LogP contribution in [0.3, 0.4) is 0 Å². The van der Waals surface area contributed by atoms with Gasteiger partial charge in [0.05, 0.1) is 10.2 Å². The lowest BCUT2D eigenvalue weighted by Crippen LogP contribution is -2.06. The van der Waals surface area contributed by atoms with Gasteiger partial charge in [-0.05, 0) is 47.5 Å². The first-order valence-corrected chi connectivity index (χ1v) is 8.36. The minimum Gasteiger partial charge on any atom is -0.369 e. The minimum absolute atomic E-state index is 0.575. The van der Waals surface area contributed by atoms with E-state index in [1.165, 1.54) is 0 Å². The van der Waals surface area contributed by atoms with Gasteiger partial charge in [0.25, 0.3) is 0 Å². The molecular formula is C15H16BrCl2N3. The number of halogens is 3. The van der Waals surface area contributed by atoms with Gasteiger partial charge in [0, 0.05) is 22.2 Å². The number of benzene rings is 1. The summed E-state index contributed by atoms with van der Waals surface area (Å²) in [6, 6.07) is 5.34. The maximum absolute atomic E-state index is 6.07. The van der Waals surface area contributed by atoms with Crippen LogP contribution in [0.1, 0.15) is 26.0 Å². The number of rotatable bonds is 5. The Morgan fingerprint density at radius 1 is 1.10 bits per heavy atom. The highest BCUT2D eigenvalue weighted by Gasteiger charge is 2.13. The van der Waals surface area contributed by atoms with Gasteiger partial charge in [-0.15, -0.1) is 0 Å². The van der Waals surface area contributed by atoms with Crippen molar-refractivity contribution in [3.63, 3.8) is 0 Å². The van der Waals surface area contributed by atoms with Crippen LogP contribution in [-0.4, -0.2) is 16.5 Å². The average Bonchev–Trinajstić information content (AvgIpc) is 2.42. The molecule has 0 saturated carbocycles. The Morgan fingerprint density at radius 2 is 1.76 bits per heavy atom. The zero-order valence-corrected chi connectivity index (χ0v) is 15.0. The highest BCUT2D eigenvalue weighted by atomic mass is 79.9. The lowest BCUT2D eigenvalue weighted by atomic mass is 10.2. The van der Waals surface area contributed by atoms with E-state index in [0.29, 0.717) is 15.9 Å². The van der Waals surface area contributed by atoms with Crippen LogP contribution in [0, 0.1) is 0 Å². The topological polar surface area (TPSA) is 37.8 Å². The third kappa shape index (κ3) is 4.09. The third-order valence-corrected chi connectivity index (χ3v) is 4.14. The van der Waals surface area contributed by atoms with E-state index >= 15 is 0 Å². The van der Waals surface area contributed by atoms with Crippen molar-refractivity contribution in [3.05, 3.63) is 38.4 Å². The van der Waals surface area contributed by atoms with Gasteiger partial charge in [-0.3, -0.25) is 0 Å². The van der Waals surface area contributed by atoms with Gasteiger partial charge in [-0.1, -0.05) is 36.5 Å². The molecule has 1 aromatic carbocycles. The Morgan fingerprint density at radius 3 is 2.33 bits per heavy atom. The Hall–Kier alpha value is -0.840. The van der Waals surface area contributed by atoms with Crippen molar-refractivity contribution >= 4 is 44.9 Å². The molecule has 0 aliphatic rings. The Balaban J connectivity index is 2.56. The van der Waals surface area contributed by atoms with Crippen molar-refractivity contribution in [1.29, 1.82) is 0 Å². The van der Waals surface area contributed by atoms with Crippen molar-refractivity contribution in [1.82, 2.24) is 9.97 Å². The SMILES string of the molecule is CCCc1nc(-c2cc(Cl)cc(Cl)c2)nc(NCC)c1Br. The van der Waals surface area contributed by atoms with Gasteiger partial charge < -0.3 is 5.32 Å². The molecule has 1 N–H and O–H groups in total. The normalized spacial score (nSPS) is 10.7.